The van der Waals surface area contributed by atoms with E-state index in [0.29, 0.717) is 32.7 Å². The fourth-order valence-corrected chi connectivity index (χ4v) is 4.78. The molecule has 6 heteroatoms. The van der Waals surface area contributed by atoms with Crippen LogP contribution in [-0.4, -0.2) is 59.7 Å². The van der Waals surface area contributed by atoms with Crippen LogP contribution >= 0.6 is 11.8 Å². The highest BCUT2D eigenvalue weighted by Gasteiger charge is 2.55. The first-order valence-electron chi connectivity index (χ1n) is 7.31. The number of carboxylic acid groups (broad SMARTS) is 1. The number of thioether (sulfide) groups is 1. The van der Waals surface area contributed by atoms with Crippen molar-refractivity contribution < 1.29 is 19.4 Å². The SMILES string of the molecule is O=C(C1CCSCC1)N1C[C@H]2COCC[C@@]2(C(=O)O)C1. The summed E-state index contributed by atoms with van der Waals surface area (Å²) in [7, 11) is 0. The van der Waals surface area contributed by atoms with E-state index in [-0.39, 0.29) is 17.7 Å². The molecule has 0 unspecified atom stereocenters. The molecule has 3 aliphatic heterocycles. The second kappa shape index (κ2) is 5.56. The molecule has 3 fully saturated rings. The lowest BCUT2D eigenvalue weighted by Crippen LogP contribution is -2.45. The Labute approximate surface area is 123 Å². The number of nitrogens with zero attached hydrogens (tertiary/aromatic N) is 1. The number of fused-ring (bicyclic) bond motifs is 1. The molecule has 0 aromatic rings. The molecule has 1 amide bonds. The van der Waals surface area contributed by atoms with Crippen molar-refractivity contribution >= 4 is 23.6 Å². The van der Waals surface area contributed by atoms with Gasteiger partial charge in [0.25, 0.3) is 0 Å². The zero-order valence-corrected chi connectivity index (χ0v) is 12.4. The second-order valence-electron chi connectivity index (χ2n) is 6.09. The van der Waals surface area contributed by atoms with Crippen LogP contribution in [0.5, 0.6) is 0 Å². The second-order valence-corrected chi connectivity index (χ2v) is 7.31. The summed E-state index contributed by atoms with van der Waals surface area (Å²) in [5, 5.41) is 9.61. The third-order valence-electron chi connectivity index (χ3n) is 5.01. The Kier molecular flexibility index (Phi) is 3.95. The average Bonchev–Trinajstić information content (AvgIpc) is 2.88. The number of likely N-dealkylation sites (tertiary alicyclic amines) is 1. The van der Waals surface area contributed by atoms with Gasteiger partial charge in [-0.05, 0) is 30.8 Å². The van der Waals surface area contributed by atoms with E-state index in [0.717, 1.165) is 24.3 Å². The van der Waals surface area contributed by atoms with E-state index in [1.807, 2.05) is 11.8 Å². The first kappa shape index (κ1) is 14.2. The molecule has 0 aromatic carbocycles. The Balaban J connectivity index is 1.73. The van der Waals surface area contributed by atoms with Crippen molar-refractivity contribution in [3.63, 3.8) is 0 Å². The maximum Gasteiger partial charge on any atom is 0.311 e. The lowest BCUT2D eigenvalue weighted by Gasteiger charge is -2.34. The fourth-order valence-electron chi connectivity index (χ4n) is 3.67. The highest BCUT2D eigenvalue weighted by Crippen LogP contribution is 2.43. The first-order chi connectivity index (χ1) is 9.63. The molecule has 1 N–H and O–H groups in total. The number of carbonyl (C=O) groups excluding carboxylic acids is 1. The summed E-state index contributed by atoms with van der Waals surface area (Å²) in [5.74, 6) is 1.54. The van der Waals surface area contributed by atoms with Crippen molar-refractivity contribution in [2.24, 2.45) is 17.3 Å². The third kappa shape index (κ3) is 2.33. The molecule has 3 saturated heterocycles. The standard InChI is InChI=1S/C14H21NO4S/c16-12(10-1-5-20-6-2-10)15-7-11-8-19-4-3-14(11,9-15)13(17)18/h10-11H,1-9H2,(H,17,18)/t11-,14+/m0/s1. The zero-order valence-electron chi connectivity index (χ0n) is 11.5. The number of hydrogen-bond donors (Lipinski definition) is 1. The normalized spacial score (nSPS) is 34.8. The van der Waals surface area contributed by atoms with Gasteiger partial charge < -0.3 is 14.7 Å². The highest BCUT2D eigenvalue weighted by atomic mass is 32.2. The van der Waals surface area contributed by atoms with E-state index in [2.05, 4.69) is 0 Å². The summed E-state index contributed by atoms with van der Waals surface area (Å²) in [6.45, 7) is 1.88. The van der Waals surface area contributed by atoms with Gasteiger partial charge in [0, 0.05) is 31.5 Å². The molecule has 3 rings (SSSR count). The predicted molar refractivity (Wildman–Crippen MR) is 75.6 cm³/mol. The van der Waals surface area contributed by atoms with E-state index < -0.39 is 11.4 Å². The zero-order chi connectivity index (χ0) is 14.2. The van der Waals surface area contributed by atoms with Gasteiger partial charge in [-0.25, -0.2) is 0 Å². The monoisotopic (exact) mass is 299 g/mol. The van der Waals surface area contributed by atoms with Crippen LogP contribution in [0, 0.1) is 17.3 Å². The summed E-state index contributed by atoms with van der Waals surface area (Å²) < 4.78 is 5.43. The Morgan fingerprint density at radius 3 is 2.70 bits per heavy atom. The van der Waals surface area contributed by atoms with Gasteiger partial charge in [-0.15, -0.1) is 0 Å². The molecule has 0 saturated carbocycles. The van der Waals surface area contributed by atoms with Gasteiger partial charge >= 0.3 is 5.97 Å². The summed E-state index contributed by atoms with van der Waals surface area (Å²) in [6, 6.07) is 0. The van der Waals surface area contributed by atoms with Crippen LogP contribution in [0.2, 0.25) is 0 Å². The van der Waals surface area contributed by atoms with E-state index in [4.69, 9.17) is 4.74 Å². The minimum Gasteiger partial charge on any atom is -0.481 e. The molecular weight excluding hydrogens is 278 g/mol. The number of carbonyl (C=O) groups is 2. The summed E-state index contributed by atoms with van der Waals surface area (Å²) in [5.41, 5.74) is -0.767. The topological polar surface area (TPSA) is 66.8 Å². The molecule has 20 heavy (non-hydrogen) atoms. The molecule has 0 bridgehead atoms. The molecule has 0 radical (unpaired) electrons. The van der Waals surface area contributed by atoms with Crippen LogP contribution in [0.4, 0.5) is 0 Å². The third-order valence-corrected chi connectivity index (χ3v) is 6.06. The van der Waals surface area contributed by atoms with Crippen LogP contribution in [0.1, 0.15) is 19.3 Å². The van der Waals surface area contributed by atoms with Gasteiger partial charge in [0.05, 0.1) is 12.0 Å². The van der Waals surface area contributed by atoms with Crippen molar-refractivity contribution in [3.8, 4) is 0 Å². The van der Waals surface area contributed by atoms with Crippen molar-refractivity contribution in [1.82, 2.24) is 4.90 Å². The Bertz CT molecular complexity index is 410. The van der Waals surface area contributed by atoms with Gasteiger partial charge in [0.15, 0.2) is 0 Å². The molecule has 0 spiro atoms. The maximum absolute atomic E-state index is 12.6. The minimum atomic E-state index is -0.767. The molecule has 0 aromatic heterocycles. The van der Waals surface area contributed by atoms with Crippen molar-refractivity contribution in [2.45, 2.75) is 19.3 Å². The summed E-state index contributed by atoms with van der Waals surface area (Å²) >= 11 is 1.90. The first-order valence-corrected chi connectivity index (χ1v) is 8.46. The van der Waals surface area contributed by atoms with Crippen LogP contribution < -0.4 is 0 Å². The summed E-state index contributed by atoms with van der Waals surface area (Å²) in [4.78, 5) is 26.1. The Morgan fingerprint density at radius 2 is 2.05 bits per heavy atom. The van der Waals surface area contributed by atoms with Crippen LogP contribution in [0.3, 0.4) is 0 Å². The maximum atomic E-state index is 12.6. The smallest absolute Gasteiger partial charge is 0.311 e. The predicted octanol–water partition coefficient (Wildman–Crippen LogP) is 1.08. The van der Waals surface area contributed by atoms with Crippen LogP contribution in [-0.2, 0) is 14.3 Å². The largest absolute Gasteiger partial charge is 0.481 e. The lowest BCUT2D eigenvalue weighted by molar-refractivity contribution is -0.157. The van der Waals surface area contributed by atoms with E-state index >= 15 is 0 Å². The number of aliphatic carboxylic acids is 1. The van der Waals surface area contributed by atoms with Gasteiger partial charge in [0.1, 0.15) is 0 Å². The average molecular weight is 299 g/mol. The van der Waals surface area contributed by atoms with E-state index in [9.17, 15) is 14.7 Å². The van der Waals surface area contributed by atoms with Crippen LogP contribution in [0.15, 0.2) is 0 Å². The van der Waals surface area contributed by atoms with Gasteiger partial charge in [-0.3, -0.25) is 9.59 Å². The minimum absolute atomic E-state index is 0.0457. The number of carboxylic acids is 1. The van der Waals surface area contributed by atoms with Gasteiger partial charge in [0.2, 0.25) is 5.91 Å². The molecule has 2 atom stereocenters. The van der Waals surface area contributed by atoms with E-state index in [1.165, 1.54) is 0 Å². The van der Waals surface area contributed by atoms with Crippen molar-refractivity contribution in [1.29, 1.82) is 0 Å². The molecule has 112 valence electrons. The Morgan fingerprint density at radius 1 is 1.30 bits per heavy atom. The van der Waals surface area contributed by atoms with Gasteiger partial charge in [-0.1, -0.05) is 0 Å². The van der Waals surface area contributed by atoms with E-state index in [1.54, 1.807) is 4.90 Å². The van der Waals surface area contributed by atoms with Gasteiger partial charge in [-0.2, -0.15) is 11.8 Å². The number of amides is 1. The number of rotatable bonds is 2. The quantitative estimate of drug-likeness (QED) is 0.826. The molecule has 3 heterocycles. The Hall–Kier alpha value is -0.750. The molecule has 3 aliphatic rings. The molecular formula is C14H21NO4S. The molecule has 5 nitrogen and oxygen atoms in total. The number of ether oxygens (including phenoxy) is 1. The fraction of sp³-hybridized carbons (Fsp3) is 0.857. The summed E-state index contributed by atoms with van der Waals surface area (Å²) in [6.07, 6.45) is 2.39. The molecule has 0 aliphatic carbocycles. The van der Waals surface area contributed by atoms with Crippen molar-refractivity contribution in [3.05, 3.63) is 0 Å². The highest BCUT2D eigenvalue weighted by molar-refractivity contribution is 7.99. The number of hydrogen-bond acceptors (Lipinski definition) is 4. The van der Waals surface area contributed by atoms with Crippen LogP contribution in [0.25, 0.3) is 0 Å². The lowest BCUT2D eigenvalue weighted by atomic mass is 9.74. The van der Waals surface area contributed by atoms with Crippen molar-refractivity contribution in [2.75, 3.05) is 37.8 Å².